The first-order valence-electron chi connectivity index (χ1n) is 6.62. The Balaban J connectivity index is 2.28. The van der Waals surface area contributed by atoms with Crippen molar-refractivity contribution < 1.29 is 0 Å². The Morgan fingerprint density at radius 1 is 1.00 bits per heavy atom. The predicted octanol–water partition coefficient (Wildman–Crippen LogP) is 4.50. The van der Waals surface area contributed by atoms with Gasteiger partial charge in [0, 0.05) is 22.7 Å². The molecule has 3 aromatic rings. The number of pyridine rings is 1. The number of aromatic nitrogens is 1. The van der Waals surface area contributed by atoms with Crippen LogP contribution in [0.4, 0.5) is 0 Å². The highest BCUT2D eigenvalue weighted by molar-refractivity contribution is 5.86. The van der Waals surface area contributed by atoms with Gasteiger partial charge in [-0.05, 0) is 36.9 Å². The van der Waals surface area contributed by atoms with Gasteiger partial charge in [-0.25, -0.2) is 0 Å². The van der Waals surface area contributed by atoms with Crippen molar-refractivity contribution in [1.29, 1.82) is 0 Å². The quantitative estimate of drug-likeness (QED) is 0.585. The van der Waals surface area contributed by atoms with Gasteiger partial charge in [-0.1, -0.05) is 41.8 Å². The molecule has 0 N–H and O–H groups in total. The van der Waals surface area contributed by atoms with Crippen LogP contribution in [0.1, 0.15) is 16.7 Å². The van der Waals surface area contributed by atoms with Gasteiger partial charge in [-0.3, -0.25) is 4.98 Å². The zero-order valence-corrected chi connectivity index (χ0v) is 11.6. The van der Waals surface area contributed by atoms with Gasteiger partial charge in [0.1, 0.15) is 0 Å². The zero-order chi connectivity index (χ0) is 14.1. The second-order valence-electron chi connectivity index (χ2n) is 5.07. The average molecular weight is 257 g/mol. The Morgan fingerprint density at radius 2 is 1.75 bits per heavy atom. The minimum Gasteiger partial charge on any atom is -0.256 e. The highest BCUT2D eigenvalue weighted by Crippen LogP contribution is 2.27. The molecule has 1 nitrogen and oxygen atoms in total. The number of benzene rings is 2. The van der Waals surface area contributed by atoms with E-state index in [1.165, 1.54) is 10.9 Å². The van der Waals surface area contributed by atoms with E-state index in [2.05, 4.69) is 48.2 Å². The van der Waals surface area contributed by atoms with E-state index in [0.717, 1.165) is 27.8 Å². The zero-order valence-electron chi connectivity index (χ0n) is 11.6. The molecule has 0 aliphatic heterocycles. The molecule has 0 saturated heterocycles. The minimum absolute atomic E-state index is 0.929. The molecule has 0 atom stereocenters. The first kappa shape index (κ1) is 12.4. The number of terminal acetylenes is 1. The van der Waals surface area contributed by atoms with E-state index in [4.69, 9.17) is 6.42 Å². The normalized spacial score (nSPS) is 10.4. The molecule has 2 aromatic carbocycles. The highest BCUT2D eigenvalue weighted by Gasteiger charge is 2.09. The number of rotatable bonds is 1. The van der Waals surface area contributed by atoms with Crippen LogP contribution < -0.4 is 0 Å². The largest absolute Gasteiger partial charge is 0.256 e. The van der Waals surface area contributed by atoms with E-state index >= 15 is 0 Å². The van der Waals surface area contributed by atoms with Crippen LogP contribution in [-0.2, 0) is 0 Å². The summed E-state index contributed by atoms with van der Waals surface area (Å²) in [6.07, 6.45) is 7.58. The van der Waals surface area contributed by atoms with Gasteiger partial charge in [-0.15, -0.1) is 6.42 Å². The molecule has 0 amide bonds. The van der Waals surface area contributed by atoms with E-state index in [0.29, 0.717) is 0 Å². The van der Waals surface area contributed by atoms with Crippen LogP contribution in [0.2, 0.25) is 0 Å². The lowest BCUT2D eigenvalue weighted by Gasteiger charge is -2.10. The smallest absolute Gasteiger partial charge is 0.0721 e. The molecule has 1 heterocycles. The van der Waals surface area contributed by atoms with Gasteiger partial charge in [0.2, 0.25) is 0 Å². The summed E-state index contributed by atoms with van der Waals surface area (Å²) in [4.78, 5) is 4.57. The SMILES string of the molecule is C#Cc1c(C)cc(C)cc1-c1cc2ccccc2cn1. The Kier molecular flexibility index (Phi) is 3.00. The number of hydrogen-bond acceptors (Lipinski definition) is 1. The summed E-state index contributed by atoms with van der Waals surface area (Å²) in [6.45, 7) is 4.13. The summed E-state index contributed by atoms with van der Waals surface area (Å²) in [6, 6.07) is 14.5. The summed E-state index contributed by atoms with van der Waals surface area (Å²) in [5.74, 6) is 2.80. The molecule has 0 aliphatic rings. The third-order valence-electron chi connectivity index (χ3n) is 3.53. The fourth-order valence-electron chi connectivity index (χ4n) is 2.59. The van der Waals surface area contributed by atoms with Crippen LogP contribution in [0.25, 0.3) is 22.0 Å². The topological polar surface area (TPSA) is 12.9 Å². The van der Waals surface area contributed by atoms with Crippen LogP contribution in [-0.4, -0.2) is 4.98 Å². The fraction of sp³-hybridized carbons (Fsp3) is 0.105. The van der Waals surface area contributed by atoms with Crippen molar-refractivity contribution in [3.8, 4) is 23.6 Å². The predicted molar refractivity (Wildman–Crippen MR) is 84.6 cm³/mol. The lowest BCUT2D eigenvalue weighted by molar-refractivity contribution is 1.31. The molecule has 1 aromatic heterocycles. The second kappa shape index (κ2) is 4.83. The van der Waals surface area contributed by atoms with Gasteiger partial charge in [-0.2, -0.15) is 0 Å². The number of hydrogen-bond donors (Lipinski definition) is 0. The third-order valence-corrected chi connectivity index (χ3v) is 3.53. The van der Waals surface area contributed by atoms with Crippen LogP contribution >= 0.6 is 0 Å². The first-order valence-corrected chi connectivity index (χ1v) is 6.62. The van der Waals surface area contributed by atoms with Crippen LogP contribution in [0, 0.1) is 26.2 Å². The molecule has 96 valence electrons. The van der Waals surface area contributed by atoms with Crippen molar-refractivity contribution in [3.05, 3.63) is 65.4 Å². The average Bonchev–Trinajstić information content (AvgIpc) is 2.46. The summed E-state index contributed by atoms with van der Waals surface area (Å²) < 4.78 is 0. The molecule has 0 radical (unpaired) electrons. The second-order valence-corrected chi connectivity index (χ2v) is 5.07. The van der Waals surface area contributed by atoms with E-state index in [1.54, 1.807) is 0 Å². The van der Waals surface area contributed by atoms with Crippen molar-refractivity contribution in [2.45, 2.75) is 13.8 Å². The molecule has 3 rings (SSSR count). The Bertz CT molecular complexity index is 838. The third kappa shape index (κ3) is 2.06. The fourth-order valence-corrected chi connectivity index (χ4v) is 2.59. The van der Waals surface area contributed by atoms with Gasteiger partial charge >= 0.3 is 0 Å². The van der Waals surface area contributed by atoms with Crippen molar-refractivity contribution >= 4 is 10.8 Å². The van der Waals surface area contributed by atoms with Crippen LogP contribution in [0.3, 0.4) is 0 Å². The molecule has 0 bridgehead atoms. The molecule has 1 heteroatoms. The van der Waals surface area contributed by atoms with E-state index in [1.807, 2.05) is 25.3 Å². The van der Waals surface area contributed by atoms with Gasteiger partial charge in [0.25, 0.3) is 0 Å². The van der Waals surface area contributed by atoms with Gasteiger partial charge in [0.15, 0.2) is 0 Å². The van der Waals surface area contributed by atoms with E-state index < -0.39 is 0 Å². The Hall–Kier alpha value is -2.59. The molecule has 0 unspecified atom stereocenters. The molecule has 0 saturated carbocycles. The maximum atomic E-state index is 5.67. The van der Waals surface area contributed by atoms with Crippen LogP contribution in [0.5, 0.6) is 0 Å². The lowest BCUT2D eigenvalue weighted by atomic mass is 9.96. The van der Waals surface area contributed by atoms with E-state index in [-0.39, 0.29) is 0 Å². The van der Waals surface area contributed by atoms with Crippen molar-refractivity contribution in [2.75, 3.05) is 0 Å². The Labute approximate surface area is 119 Å². The summed E-state index contributed by atoms with van der Waals surface area (Å²) >= 11 is 0. The highest BCUT2D eigenvalue weighted by atomic mass is 14.7. The molecular weight excluding hydrogens is 242 g/mol. The summed E-state index contributed by atoms with van der Waals surface area (Å²) in [7, 11) is 0. The monoisotopic (exact) mass is 257 g/mol. The molecular formula is C19H15N. The maximum Gasteiger partial charge on any atom is 0.0721 e. The van der Waals surface area contributed by atoms with E-state index in [9.17, 15) is 0 Å². The van der Waals surface area contributed by atoms with Crippen molar-refractivity contribution in [2.24, 2.45) is 0 Å². The standard InChI is InChI=1S/C19H15N/c1-4-17-14(3)9-13(2)10-18(17)19-11-15-7-5-6-8-16(15)12-20-19/h1,5-12H,2-3H3. The van der Waals surface area contributed by atoms with Gasteiger partial charge in [0.05, 0.1) is 5.69 Å². The van der Waals surface area contributed by atoms with Crippen molar-refractivity contribution in [1.82, 2.24) is 4.98 Å². The summed E-state index contributed by atoms with van der Waals surface area (Å²) in [5, 5.41) is 2.32. The minimum atomic E-state index is 0.929. The Morgan fingerprint density at radius 3 is 2.50 bits per heavy atom. The molecule has 0 fully saturated rings. The number of aryl methyl sites for hydroxylation is 2. The van der Waals surface area contributed by atoms with Gasteiger partial charge < -0.3 is 0 Å². The van der Waals surface area contributed by atoms with Crippen molar-refractivity contribution in [3.63, 3.8) is 0 Å². The first-order chi connectivity index (χ1) is 9.69. The molecule has 20 heavy (non-hydrogen) atoms. The summed E-state index contributed by atoms with van der Waals surface area (Å²) in [5.41, 5.74) is 5.22. The van der Waals surface area contributed by atoms with Crippen LogP contribution in [0.15, 0.2) is 48.7 Å². The molecule has 0 spiro atoms. The lowest BCUT2D eigenvalue weighted by Crippen LogP contribution is -1.93. The maximum absolute atomic E-state index is 5.67. The number of nitrogens with zero attached hydrogens (tertiary/aromatic N) is 1. The molecule has 0 aliphatic carbocycles. The number of fused-ring (bicyclic) bond motifs is 1.